The summed E-state index contributed by atoms with van der Waals surface area (Å²) in [5, 5.41) is 12.6. The standard InChI is InChI=1S/C11H22N2O2S/c1-3-13(6-7-14)11(15)12-9-4-5-10(8-9)16-2/h9-10,14H,3-8H2,1-2H3,(H,12,15). The van der Waals surface area contributed by atoms with Crippen LogP contribution in [0.5, 0.6) is 0 Å². The van der Waals surface area contributed by atoms with Crippen molar-refractivity contribution >= 4 is 17.8 Å². The Balaban J connectivity index is 2.33. The summed E-state index contributed by atoms with van der Waals surface area (Å²) in [7, 11) is 0. The average molecular weight is 246 g/mol. The third-order valence-electron chi connectivity index (χ3n) is 3.08. The highest BCUT2D eigenvalue weighted by molar-refractivity contribution is 7.99. The second kappa shape index (κ2) is 7.01. The zero-order chi connectivity index (χ0) is 12.0. The molecule has 16 heavy (non-hydrogen) atoms. The van der Waals surface area contributed by atoms with Crippen molar-refractivity contribution in [1.29, 1.82) is 0 Å². The van der Waals surface area contributed by atoms with Crippen molar-refractivity contribution in [2.24, 2.45) is 0 Å². The van der Waals surface area contributed by atoms with Gasteiger partial charge in [0.25, 0.3) is 0 Å². The Morgan fingerprint density at radius 2 is 2.31 bits per heavy atom. The molecule has 0 aromatic carbocycles. The van der Waals surface area contributed by atoms with Gasteiger partial charge in [0.05, 0.1) is 6.61 Å². The number of rotatable bonds is 5. The number of hydrogen-bond donors (Lipinski definition) is 2. The second-order valence-electron chi connectivity index (χ2n) is 4.12. The van der Waals surface area contributed by atoms with E-state index in [9.17, 15) is 4.79 Å². The van der Waals surface area contributed by atoms with Gasteiger partial charge in [-0.2, -0.15) is 11.8 Å². The van der Waals surface area contributed by atoms with Crippen LogP contribution in [0.4, 0.5) is 4.79 Å². The summed E-state index contributed by atoms with van der Waals surface area (Å²) in [6, 6.07) is 0.279. The van der Waals surface area contributed by atoms with Crippen LogP contribution in [0.2, 0.25) is 0 Å². The van der Waals surface area contributed by atoms with Crippen LogP contribution in [0.1, 0.15) is 26.2 Å². The van der Waals surface area contributed by atoms with E-state index in [-0.39, 0.29) is 12.6 Å². The lowest BCUT2D eigenvalue weighted by Crippen LogP contribution is -2.45. The van der Waals surface area contributed by atoms with Crippen LogP contribution < -0.4 is 5.32 Å². The van der Waals surface area contributed by atoms with Gasteiger partial charge in [0.15, 0.2) is 0 Å². The van der Waals surface area contributed by atoms with E-state index < -0.39 is 0 Å². The number of likely N-dealkylation sites (N-methyl/N-ethyl adjacent to an activating group) is 1. The van der Waals surface area contributed by atoms with Gasteiger partial charge in [0, 0.05) is 24.4 Å². The molecule has 2 N–H and O–H groups in total. The maximum Gasteiger partial charge on any atom is 0.317 e. The number of aliphatic hydroxyl groups is 1. The summed E-state index contributed by atoms with van der Waals surface area (Å²) in [4.78, 5) is 13.5. The molecule has 2 amide bonds. The lowest BCUT2D eigenvalue weighted by Gasteiger charge is -2.23. The molecule has 0 aliphatic heterocycles. The Hall–Kier alpha value is -0.420. The van der Waals surface area contributed by atoms with E-state index in [1.54, 1.807) is 4.90 Å². The molecular weight excluding hydrogens is 224 g/mol. The lowest BCUT2D eigenvalue weighted by atomic mass is 10.2. The van der Waals surface area contributed by atoms with Crippen LogP contribution in [-0.2, 0) is 0 Å². The molecule has 0 heterocycles. The number of hydrogen-bond acceptors (Lipinski definition) is 3. The fraction of sp³-hybridized carbons (Fsp3) is 0.909. The normalized spacial score (nSPS) is 24.4. The van der Waals surface area contributed by atoms with Crippen LogP contribution in [0, 0.1) is 0 Å². The Kier molecular flexibility index (Phi) is 5.98. The molecule has 1 aliphatic carbocycles. The highest BCUT2D eigenvalue weighted by Crippen LogP contribution is 2.28. The minimum absolute atomic E-state index is 0.0271. The highest BCUT2D eigenvalue weighted by atomic mass is 32.2. The van der Waals surface area contributed by atoms with Crippen molar-refractivity contribution < 1.29 is 9.90 Å². The van der Waals surface area contributed by atoms with E-state index in [1.165, 1.54) is 6.42 Å². The molecule has 0 radical (unpaired) electrons. The van der Waals surface area contributed by atoms with Crippen LogP contribution in [0.15, 0.2) is 0 Å². The van der Waals surface area contributed by atoms with Crippen LogP contribution in [-0.4, -0.2) is 53.3 Å². The second-order valence-corrected chi connectivity index (χ2v) is 5.26. The van der Waals surface area contributed by atoms with Crippen molar-refractivity contribution in [1.82, 2.24) is 10.2 Å². The topological polar surface area (TPSA) is 52.6 Å². The van der Waals surface area contributed by atoms with Gasteiger partial charge in [-0.1, -0.05) is 0 Å². The number of nitrogens with one attached hydrogen (secondary N) is 1. The van der Waals surface area contributed by atoms with Crippen LogP contribution >= 0.6 is 11.8 Å². The summed E-state index contributed by atoms with van der Waals surface area (Å²) in [5.41, 5.74) is 0. The molecule has 0 saturated heterocycles. The first-order chi connectivity index (χ1) is 7.71. The van der Waals surface area contributed by atoms with Gasteiger partial charge in [-0.25, -0.2) is 4.79 Å². The monoisotopic (exact) mass is 246 g/mol. The maximum absolute atomic E-state index is 11.8. The minimum Gasteiger partial charge on any atom is -0.395 e. The molecule has 0 aromatic rings. The summed E-state index contributed by atoms with van der Waals surface area (Å²) in [5.74, 6) is 0. The summed E-state index contributed by atoms with van der Waals surface area (Å²) >= 11 is 1.88. The number of aliphatic hydroxyl groups excluding tert-OH is 1. The molecular formula is C11H22N2O2S. The largest absolute Gasteiger partial charge is 0.395 e. The predicted molar refractivity (Wildman–Crippen MR) is 67.8 cm³/mol. The van der Waals surface area contributed by atoms with E-state index >= 15 is 0 Å². The van der Waals surface area contributed by atoms with Gasteiger partial charge in [-0.05, 0) is 32.4 Å². The van der Waals surface area contributed by atoms with E-state index in [2.05, 4.69) is 11.6 Å². The Labute approximate surface area is 102 Å². The zero-order valence-electron chi connectivity index (χ0n) is 10.1. The third kappa shape index (κ3) is 3.87. The van der Waals surface area contributed by atoms with E-state index in [0.29, 0.717) is 24.4 Å². The first-order valence-electron chi connectivity index (χ1n) is 5.90. The van der Waals surface area contributed by atoms with Crippen molar-refractivity contribution in [3.63, 3.8) is 0 Å². The molecule has 5 heteroatoms. The number of nitrogens with zero attached hydrogens (tertiary/aromatic N) is 1. The van der Waals surface area contributed by atoms with E-state index in [0.717, 1.165) is 12.8 Å². The molecule has 4 nitrogen and oxygen atoms in total. The lowest BCUT2D eigenvalue weighted by molar-refractivity contribution is 0.177. The van der Waals surface area contributed by atoms with Gasteiger partial charge in [-0.15, -0.1) is 0 Å². The van der Waals surface area contributed by atoms with Crippen molar-refractivity contribution in [3.8, 4) is 0 Å². The average Bonchev–Trinajstić information content (AvgIpc) is 2.73. The molecule has 0 aromatic heterocycles. The molecule has 1 fully saturated rings. The zero-order valence-corrected chi connectivity index (χ0v) is 10.9. The van der Waals surface area contributed by atoms with Gasteiger partial charge in [0.1, 0.15) is 0 Å². The van der Waals surface area contributed by atoms with Crippen molar-refractivity contribution in [3.05, 3.63) is 0 Å². The number of urea groups is 1. The predicted octanol–water partition coefficient (Wildman–Crippen LogP) is 1.29. The highest BCUT2D eigenvalue weighted by Gasteiger charge is 2.26. The molecule has 0 bridgehead atoms. The molecule has 2 unspecified atom stereocenters. The fourth-order valence-corrected chi connectivity index (χ4v) is 2.87. The summed E-state index contributed by atoms with van der Waals surface area (Å²) in [6.07, 6.45) is 5.47. The fourth-order valence-electron chi connectivity index (χ4n) is 2.08. The van der Waals surface area contributed by atoms with E-state index in [4.69, 9.17) is 5.11 Å². The number of carbonyl (C=O) groups excluding carboxylic acids is 1. The molecule has 94 valence electrons. The van der Waals surface area contributed by atoms with E-state index in [1.807, 2.05) is 18.7 Å². The number of amides is 2. The quantitative estimate of drug-likeness (QED) is 0.768. The summed E-state index contributed by atoms with van der Waals surface area (Å²) < 4.78 is 0. The van der Waals surface area contributed by atoms with Gasteiger partial charge in [-0.3, -0.25) is 0 Å². The molecule has 1 aliphatic rings. The molecule has 1 saturated carbocycles. The number of carbonyl (C=O) groups is 1. The smallest absolute Gasteiger partial charge is 0.317 e. The molecule has 2 atom stereocenters. The first kappa shape index (κ1) is 13.6. The van der Waals surface area contributed by atoms with Crippen molar-refractivity contribution in [2.75, 3.05) is 26.0 Å². The minimum atomic E-state index is -0.0386. The Bertz CT molecular complexity index is 226. The first-order valence-corrected chi connectivity index (χ1v) is 7.19. The Morgan fingerprint density at radius 1 is 1.56 bits per heavy atom. The Morgan fingerprint density at radius 3 is 2.81 bits per heavy atom. The van der Waals surface area contributed by atoms with Crippen LogP contribution in [0.3, 0.4) is 0 Å². The SMILES string of the molecule is CCN(CCO)C(=O)NC1CCC(SC)C1. The molecule has 1 rings (SSSR count). The maximum atomic E-state index is 11.8. The summed E-state index contributed by atoms with van der Waals surface area (Å²) in [6.45, 7) is 3.01. The number of thioether (sulfide) groups is 1. The van der Waals surface area contributed by atoms with Gasteiger partial charge >= 0.3 is 6.03 Å². The van der Waals surface area contributed by atoms with Gasteiger partial charge < -0.3 is 15.3 Å². The van der Waals surface area contributed by atoms with Crippen molar-refractivity contribution in [2.45, 2.75) is 37.5 Å². The third-order valence-corrected chi connectivity index (χ3v) is 4.18. The molecule has 0 spiro atoms. The van der Waals surface area contributed by atoms with Gasteiger partial charge in [0.2, 0.25) is 0 Å². The van der Waals surface area contributed by atoms with Crippen LogP contribution in [0.25, 0.3) is 0 Å².